The topological polar surface area (TPSA) is 76.1 Å². The number of rotatable bonds is 3. The number of ether oxygens (including phenoxy) is 1. The highest BCUT2D eigenvalue weighted by Crippen LogP contribution is 2.26. The lowest BCUT2D eigenvalue weighted by Gasteiger charge is -2.14. The second-order valence-electron chi connectivity index (χ2n) is 3.81. The van der Waals surface area contributed by atoms with Crippen molar-refractivity contribution in [2.45, 2.75) is 26.7 Å². The van der Waals surface area contributed by atoms with Gasteiger partial charge in [-0.2, -0.15) is 5.26 Å². The quantitative estimate of drug-likeness (QED) is 0.675. The SMILES string of the molecule is CCOC(=O)C(C#N)c1ccc(N)c(C)c1C.Cl. The van der Waals surface area contributed by atoms with Crippen LogP contribution in [0.25, 0.3) is 0 Å². The highest BCUT2D eigenvalue weighted by atomic mass is 35.5. The van der Waals surface area contributed by atoms with Gasteiger partial charge in [0.15, 0.2) is 5.92 Å². The number of nitrogen functional groups attached to an aromatic ring is 1. The maximum absolute atomic E-state index is 11.6. The minimum absolute atomic E-state index is 0. The third-order valence-electron chi connectivity index (χ3n) is 2.83. The van der Waals surface area contributed by atoms with Crippen LogP contribution in [0.2, 0.25) is 0 Å². The van der Waals surface area contributed by atoms with Gasteiger partial charge in [-0.1, -0.05) is 6.07 Å². The van der Waals surface area contributed by atoms with Gasteiger partial charge in [0.25, 0.3) is 0 Å². The molecule has 0 spiro atoms. The van der Waals surface area contributed by atoms with Crippen LogP contribution >= 0.6 is 12.4 Å². The first-order chi connectivity index (χ1) is 8.02. The van der Waals surface area contributed by atoms with Gasteiger partial charge >= 0.3 is 5.97 Å². The number of nitrogens with zero attached hydrogens (tertiary/aromatic N) is 1. The molecule has 1 aromatic carbocycles. The number of hydrogen-bond donors (Lipinski definition) is 1. The summed E-state index contributed by atoms with van der Waals surface area (Å²) in [6, 6.07) is 5.40. The Hall–Kier alpha value is -1.73. The normalized spacial score (nSPS) is 11.0. The molecule has 0 radical (unpaired) electrons. The van der Waals surface area contributed by atoms with Gasteiger partial charge in [-0.25, -0.2) is 0 Å². The van der Waals surface area contributed by atoms with Crippen LogP contribution in [-0.4, -0.2) is 12.6 Å². The van der Waals surface area contributed by atoms with E-state index < -0.39 is 11.9 Å². The average Bonchev–Trinajstić information content (AvgIpc) is 2.30. The fraction of sp³-hybridized carbons (Fsp3) is 0.385. The predicted octanol–water partition coefficient (Wildman–Crippen LogP) is 2.48. The summed E-state index contributed by atoms with van der Waals surface area (Å²) in [5.41, 5.74) is 8.85. The van der Waals surface area contributed by atoms with E-state index in [0.717, 1.165) is 11.1 Å². The fourth-order valence-corrected chi connectivity index (χ4v) is 1.65. The van der Waals surface area contributed by atoms with Crippen LogP contribution in [-0.2, 0) is 9.53 Å². The lowest BCUT2D eigenvalue weighted by Crippen LogP contribution is -2.16. The van der Waals surface area contributed by atoms with Crippen molar-refractivity contribution < 1.29 is 9.53 Å². The summed E-state index contributed by atoms with van der Waals surface area (Å²) >= 11 is 0. The first-order valence-corrected chi connectivity index (χ1v) is 5.44. The molecule has 0 saturated heterocycles. The number of esters is 1. The summed E-state index contributed by atoms with van der Waals surface area (Å²) in [6.45, 7) is 5.70. The largest absolute Gasteiger partial charge is 0.465 e. The summed E-state index contributed by atoms with van der Waals surface area (Å²) < 4.78 is 4.88. The van der Waals surface area contributed by atoms with Crippen molar-refractivity contribution in [3.05, 3.63) is 28.8 Å². The lowest BCUT2D eigenvalue weighted by atomic mass is 9.92. The van der Waals surface area contributed by atoms with Gasteiger partial charge in [0.1, 0.15) is 0 Å². The Morgan fingerprint density at radius 2 is 2.06 bits per heavy atom. The molecule has 1 aromatic rings. The van der Waals surface area contributed by atoms with Crippen molar-refractivity contribution in [2.24, 2.45) is 0 Å². The third kappa shape index (κ3) is 3.14. The van der Waals surface area contributed by atoms with Crippen molar-refractivity contribution in [1.29, 1.82) is 5.26 Å². The molecule has 0 saturated carbocycles. The van der Waals surface area contributed by atoms with E-state index in [-0.39, 0.29) is 19.0 Å². The van der Waals surface area contributed by atoms with Gasteiger partial charge in [-0.05, 0) is 43.5 Å². The Balaban J connectivity index is 0.00000289. The molecule has 1 rings (SSSR count). The number of carbonyl (C=O) groups is 1. The predicted molar refractivity (Wildman–Crippen MR) is 72.6 cm³/mol. The molecule has 0 amide bonds. The van der Waals surface area contributed by atoms with E-state index >= 15 is 0 Å². The van der Waals surface area contributed by atoms with Crippen molar-refractivity contribution in [3.8, 4) is 6.07 Å². The van der Waals surface area contributed by atoms with Gasteiger partial charge in [-0.15, -0.1) is 12.4 Å². The van der Waals surface area contributed by atoms with Crippen LogP contribution < -0.4 is 5.73 Å². The monoisotopic (exact) mass is 268 g/mol. The number of halogens is 1. The van der Waals surface area contributed by atoms with Gasteiger partial charge < -0.3 is 10.5 Å². The Kier molecular flexibility index (Phi) is 6.21. The Labute approximate surface area is 113 Å². The van der Waals surface area contributed by atoms with Crippen molar-refractivity contribution in [3.63, 3.8) is 0 Å². The van der Waals surface area contributed by atoms with E-state index in [4.69, 9.17) is 15.7 Å². The highest BCUT2D eigenvalue weighted by molar-refractivity contribution is 5.85. The number of benzene rings is 1. The number of hydrogen-bond acceptors (Lipinski definition) is 4. The molecule has 18 heavy (non-hydrogen) atoms. The van der Waals surface area contributed by atoms with Gasteiger partial charge in [0.05, 0.1) is 12.7 Å². The molecule has 0 fully saturated rings. The van der Waals surface area contributed by atoms with E-state index in [1.165, 1.54) is 0 Å². The van der Waals surface area contributed by atoms with Crippen LogP contribution in [0.3, 0.4) is 0 Å². The molecule has 0 aliphatic rings. The van der Waals surface area contributed by atoms with Crippen LogP contribution in [0.15, 0.2) is 12.1 Å². The summed E-state index contributed by atoms with van der Waals surface area (Å²) in [5, 5.41) is 9.08. The zero-order valence-electron chi connectivity index (χ0n) is 10.7. The molecule has 2 N–H and O–H groups in total. The van der Waals surface area contributed by atoms with Gasteiger partial charge in [0, 0.05) is 5.69 Å². The molecule has 5 heteroatoms. The summed E-state index contributed by atoms with van der Waals surface area (Å²) in [6.07, 6.45) is 0. The molecule has 1 unspecified atom stereocenters. The first-order valence-electron chi connectivity index (χ1n) is 5.44. The van der Waals surface area contributed by atoms with Crippen LogP contribution in [0.5, 0.6) is 0 Å². The van der Waals surface area contributed by atoms with E-state index in [0.29, 0.717) is 11.3 Å². The molecule has 0 bridgehead atoms. The van der Waals surface area contributed by atoms with Crippen LogP contribution in [0.4, 0.5) is 5.69 Å². The molecule has 0 aromatic heterocycles. The van der Waals surface area contributed by atoms with Gasteiger partial charge in [0.2, 0.25) is 0 Å². The molecule has 0 heterocycles. The third-order valence-corrected chi connectivity index (χ3v) is 2.83. The Morgan fingerprint density at radius 1 is 1.44 bits per heavy atom. The number of anilines is 1. The Bertz CT molecular complexity index is 481. The number of nitrogens with two attached hydrogens (primary N) is 1. The molecule has 1 atom stereocenters. The summed E-state index contributed by atoms with van der Waals surface area (Å²) in [4.78, 5) is 11.6. The van der Waals surface area contributed by atoms with E-state index in [1.807, 2.05) is 19.9 Å². The first kappa shape index (κ1) is 16.3. The van der Waals surface area contributed by atoms with E-state index in [9.17, 15) is 4.79 Å². The zero-order valence-corrected chi connectivity index (χ0v) is 11.5. The maximum atomic E-state index is 11.6. The average molecular weight is 269 g/mol. The second-order valence-corrected chi connectivity index (χ2v) is 3.81. The summed E-state index contributed by atoms with van der Waals surface area (Å²) in [7, 11) is 0. The number of carbonyl (C=O) groups excluding carboxylic acids is 1. The minimum atomic E-state index is -0.880. The standard InChI is InChI=1S/C13H16N2O2.ClH/c1-4-17-13(16)11(7-14)10-5-6-12(15)9(3)8(10)2;/h5-6,11H,4,15H2,1-3H3;1H. The molecule has 0 aliphatic carbocycles. The van der Waals surface area contributed by atoms with E-state index in [2.05, 4.69) is 0 Å². The smallest absolute Gasteiger partial charge is 0.327 e. The van der Waals surface area contributed by atoms with Crippen molar-refractivity contribution in [2.75, 3.05) is 12.3 Å². The highest BCUT2D eigenvalue weighted by Gasteiger charge is 2.24. The Morgan fingerprint density at radius 3 is 2.56 bits per heavy atom. The molecular weight excluding hydrogens is 252 g/mol. The van der Waals surface area contributed by atoms with Crippen molar-refractivity contribution >= 4 is 24.1 Å². The van der Waals surface area contributed by atoms with E-state index in [1.54, 1.807) is 19.1 Å². The molecular formula is C13H17ClN2O2. The van der Waals surface area contributed by atoms with Gasteiger partial charge in [-0.3, -0.25) is 4.79 Å². The maximum Gasteiger partial charge on any atom is 0.327 e. The number of nitriles is 1. The molecule has 0 aliphatic heterocycles. The van der Waals surface area contributed by atoms with Crippen molar-refractivity contribution in [1.82, 2.24) is 0 Å². The van der Waals surface area contributed by atoms with Crippen LogP contribution in [0, 0.1) is 25.2 Å². The molecule has 98 valence electrons. The zero-order chi connectivity index (χ0) is 13.0. The minimum Gasteiger partial charge on any atom is -0.465 e. The second kappa shape index (κ2) is 6.87. The molecule has 4 nitrogen and oxygen atoms in total. The summed E-state index contributed by atoms with van der Waals surface area (Å²) in [5.74, 6) is -1.39. The fourth-order valence-electron chi connectivity index (χ4n) is 1.65. The van der Waals surface area contributed by atoms with Crippen LogP contribution in [0.1, 0.15) is 29.5 Å². The lowest BCUT2D eigenvalue weighted by molar-refractivity contribution is -0.143.